The number of hydrogen-bond donors (Lipinski definition) is 0. The summed E-state index contributed by atoms with van der Waals surface area (Å²) in [4.78, 5) is 12.4. The molecule has 0 heterocycles. The highest BCUT2D eigenvalue weighted by Gasteiger charge is 2.14. The lowest BCUT2D eigenvalue weighted by molar-refractivity contribution is -0.385. The molecular formula is C12H15N3O2. The minimum atomic E-state index is -0.376. The fourth-order valence-electron chi connectivity index (χ4n) is 1.66. The van der Waals surface area contributed by atoms with Crippen LogP contribution in [0.5, 0.6) is 0 Å². The van der Waals surface area contributed by atoms with Crippen molar-refractivity contribution in [1.29, 1.82) is 5.26 Å². The van der Waals surface area contributed by atoms with Gasteiger partial charge in [-0.15, -0.1) is 0 Å². The monoisotopic (exact) mass is 233 g/mol. The van der Waals surface area contributed by atoms with Crippen molar-refractivity contribution in [1.82, 2.24) is 4.90 Å². The van der Waals surface area contributed by atoms with Crippen molar-refractivity contribution in [2.75, 3.05) is 13.1 Å². The first-order valence-electron chi connectivity index (χ1n) is 5.42. The molecule has 0 aliphatic heterocycles. The Kier molecular flexibility index (Phi) is 4.61. The van der Waals surface area contributed by atoms with Gasteiger partial charge in [-0.05, 0) is 19.0 Å². The van der Waals surface area contributed by atoms with Gasteiger partial charge in [-0.2, -0.15) is 5.26 Å². The lowest BCUT2D eigenvalue weighted by Gasteiger charge is -2.17. The van der Waals surface area contributed by atoms with Crippen molar-refractivity contribution in [3.05, 3.63) is 39.4 Å². The minimum Gasteiger partial charge on any atom is -0.287 e. The van der Waals surface area contributed by atoms with Crippen molar-refractivity contribution in [2.45, 2.75) is 20.4 Å². The smallest absolute Gasteiger partial charge is 0.272 e. The quantitative estimate of drug-likeness (QED) is 0.444. The van der Waals surface area contributed by atoms with Crippen molar-refractivity contribution >= 4 is 5.69 Å². The highest BCUT2D eigenvalue weighted by Crippen LogP contribution is 2.22. The summed E-state index contributed by atoms with van der Waals surface area (Å²) in [6.45, 7) is 5.35. The Balaban J connectivity index is 2.95. The van der Waals surface area contributed by atoms with Crippen LogP contribution in [0.1, 0.15) is 18.1 Å². The zero-order chi connectivity index (χ0) is 12.8. The van der Waals surface area contributed by atoms with Gasteiger partial charge in [-0.25, -0.2) is 0 Å². The van der Waals surface area contributed by atoms with Crippen LogP contribution in [-0.2, 0) is 6.54 Å². The summed E-state index contributed by atoms with van der Waals surface area (Å²) >= 11 is 0. The van der Waals surface area contributed by atoms with E-state index in [1.54, 1.807) is 13.0 Å². The molecule has 0 saturated heterocycles. The summed E-state index contributed by atoms with van der Waals surface area (Å²) in [6.07, 6.45) is 0. The topological polar surface area (TPSA) is 70.2 Å². The first-order valence-corrected chi connectivity index (χ1v) is 5.42. The molecule has 0 spiro atoms. The van der Waals surface area contributed by atoms with Crippen LogP contribution < -0.4 is 0 Å². The molecule has 5 heteroatoms. The number of nitro groups is 1. The predicted octanol–water partition coefficient (Wildman–Crippen LogP) is 2.25. The molecule has 0 fully saturated rings. The van der Waals surface area contributed by atoms with E-state index >= 15 is 0 Å². The molecule has 5 nitrogen and oxygen atoms in total. The molecule has 1 rings (SSSR count). The fourth-order valence-corrected chi connectivity index (χ4v) is 1.66. The van der Waals surface area contributed by atoms with E-state index < -0.39 is 0 Å². The number of nitro benzene ring substituents is 1. The summed E-state index contributed by atoms with van der Waals surface area (Å²) in [5.41, 5.74) is 1.71. The third kappa shape index (κ3) is 3.26. The molecule has 0 atom stereocenters. The largest absolute Gasteiger partial charge is 0.287 e. The Labute approximate surface area is 100 Å². The van der Waals surface area contributed by atoms with E-state index in [0.29, 0.717) is 18.7 Å². The Morgan fingerprint density at radius 1 is 1.53 bits per heavy atom. The summed E-state index contributed by atoms with van der Waals surface area (Å²) in [6, 6.07) is 7.13. The van der Waals surface area contributed by atoms with Crippen LogP contribution in [0.2, 0.25) is 0 Å². The molecule has 17 heavy (non-hydrogen) atoms. The summed E-state index contributed by atoms with van der Waals surface area (Å²) in [7, 11) is 0. The van der Waals surface area contributed by atoms with Crippen LogP contribution in [0.15, 0.2) is 18.2 Å². The van der Waals surface area contributed by atoms with Crippen LogP contribution in [0.3, 0.4) is 0 Å². The van der Waals surface area contributed by atoms with Gasteiger partial charge in [0, 0.05) is 18.2 Å². The second kappa shape index (κ2) is 5.97. The van der Waals surface area contributed by atoms with Gasteiger partial charge in [0.2, 0.25) is 0 Å². The number of nitrogens with zero attached hydrogens (tertiary/aromatic N) is 3. The van der Waals surface area contributed by atoms with Gasteiger partial charge < -0.3 is 0 Å². The summed E-state index contributed by atoms with van der Waals surface area (Å²) in [5.74, 6) is 0. The molecule has 0 aliphatic rings. The van der Waals surface area contributed by atoms with Gasteiger partial charge in [0.1, 0.15) is 0 Å². The number of rotatable bonds is 5. The van der Waals surface area contributed by atoms with Gasteiger partial charge in [-0.1, -0.05) is 19.1 Å². The molecule has 0 aliphatic carbocycles. The van der Waals surface area contributed by atoms with Gasteiger partial charge >= 0.3 is 0 Å². The third-order valence-electron chi connectivity index (χ3n) is 2.75. The van der Waals surface area contributed by atoms with E-state index in [2.05, 4.69) is 6.07 Å². The van der Waals surface area contributed by atoms with Crippen LogP contribution >= 0.6 is 0 Å². The Morgan fingerprint density at radius 3 is 2.76 bits per heavy atom. The van der Waals surface area contributed by atoms with E-state index in [1.807, 2.05) is 17.9 Å². The second-order valence-electron chi connectivity index (χ2n) is 3.78. The number of hydrogen-bond acceptors (Lipinski definition) is 4. The highest BCUT2D eigenvalue weighted by atomic mass is 16.6. The van der Waals surface area contributed by atoms with Crippen molar-refractivity contribution in [3.8, 4) is 6.07 Å². The average molecular weight is 233 g/mol. The molecule has 1 aromatic rings. The minimum absolute atomic E-state index is 0.135. The Bertz CT molecular complexity index is 452. The first kappa shape index (κ1) is 13.1. The van der Waals surface area contributed by atoms with E-state index in [1.165, 1.54) is 6.07 Å². The van der Waals surface area contributed by atoms with Crippen LogP contribution in [0, 0.1) is 28.4 Å². The second-order valence-corrected chi connectivity index (χ2v) is 3.78. The zero-order valence-corrected chi connectivity index (χ0v) is 10.0. The van der Waals surface area contributed by atoms with Crippen LogP contribution in [0.25, 0.3) is 0 Å². The predicted molar refractivity (Wildman–Crippen MR) is 64.4 cm³/mol. The van der Waals surface area contributed by atoms with Gasteiger partial charge in [-0.3, -0.25) is 15.0 Å². The molecule has 0 unspecified atom stereocenters. The van der Waals surface area contributed by atoms with Crippen molar-refractivity contribution in [3.63, 3.8) is 0 Å². The maximum atomic E-state index is 10.8. The average Bonchev–Trinajstić information content (AvgIpc) is 2.30. The van der Waals surface area contributed by atoms with Crippen LogP contribution in [0.4, 0.5) is 5.69 Å². The molecule has 90 valence electrons. The first-order chi connectivity index (χ1) is 8.10. The molecule has 0 radical (unpaired) electrons. The zero-order valence-electron chi connectivity index (χ0n) is 10.0. The molecule has 0 bridgehead atoms. The van der Waals surface area contributed by atoms with Gasteiger partial charge in [0.05, 0.1) is 17.5 Å². The van der Waals surface area contributed by atoms with E-state index in [0.717, 1.165) is 12.1 Å². The third-order valence-corrected chi connectivity index (χ3v) is 2.75. The van der Waals surface area contributed by atoms with E-state index in [4.69, 9.17) is 5.26 Å². The fraction of sp³-hybridized carbons (Fsp3) is 0.417. The van der Waals surface area contributed by atoms with Crippen LogP contribution in [-0.4, -0.2) is 22.9 Å². The number of benzene rings is 1. The lowest BCUT2D eigenvalue weighted by atomic mass is 10.1. The lowest BCUT2D eigenvalue weighted by Crippen LogP contribution is -2.23. The standard InChI is InChI=1S/C12H15N3O2/c1-3-14(8-7-13)9-11-5-4-6-12(10(11)2)15(16)17/h4-6H,3,8-9H2,1-2H3. The Hall–Kier alpha value is -1.93. The van der Waals surface area contributed by atoms with Crippen molar-refractivity contribution in [2.24, 2.45) is 0 Å². The molecule has 0 aromatic heterocycles. The normalized spacial score (nSPS) is 10.2. The maximum Gasteiger partial charge on any atom is 0.272 e. The molecule has 0 amide bonds. The summed E-state index contributed by atoms with van der Waals surface area (Å²) in [5, 5.41) is 19.5. The molecule has 0 saturated carbocycles. The molecule has 1 aromatic carbocycles. The molecular weight excluding hydrogens is 218 g/mol. The summed E-state index contributed by atoms with van der Waals surface area (Å²) < 4.78 is 0. The SMILES string of the molecule is CCN(CC#N)Cc1cccc([N+](=O)[O-])c1C. The maximum absolute atomic E-state index is 10.8. The van der Waals surface area contributed by atoms with E-state index in [-0.39, 0.29) is 10.6 Å². The number of nitriles is 1. The van der Waals surface area contributed by atoms with Crippen molar-refractivity contribution < 1.29 is 4.92 Å². The van der Waals surface area contributed by atoms with E-state index in [9.17, 15) is 10.1 Å². The van der Waals surface area contributed by atoms with Gasteiger partial charge in [0.25, 0.3) is 5.69 Å². The van der Waals surface area contributed by atoms with Gasteiger partial charge in [0.15, 0.2) is 0 Å². The molecule has 0 N–H and O–H groups in total. The highest BCUT2D eigenvalue weighted by molar-refractivity contribution is 5.44. The Morgan fingerprint density at radius 2 is 2.24 bits per heavy atom.